The molecule has 8 heavy (non-hydrogen) atoms. The Morgan fingerprint density at radius 3 is 2.88 bits per heavy atom. The monoisotopic (exact) mass is 135 g/mol. The Bertz CT molecular complexity index is 94.5. The van der Waals surface area contributed by atoms with Gasteiger partial charge >= 0.3 is 6.09 Å². The van der Waals surface area contributed by atoms with Crippen LogP contribution in [-0.4, -0.2) is 18.9 Å². The molecule has 1 N–H and O–H groups in total. The highest BCUT2D eigenvalue weighted by atomic mass is 32.1. The molecule has 1 amide bonds. The Kier molecular flexibility index (Phi) is 4.05. The standard InChI is InChI=1S/C3H5NO3S/c5-2-1-4-3(6)7-8/h2,8H,1H2,(H,4,6). The van der Waals surface area contributed by atoms with E-state index < -0.39 is 6.09 Å². The second-order valence-corrected chi connectivity index (χ2v) is 1.11. The molecular weight excluding hydrogens is 130 g/mol. The molecule has 0 atom stereocenters. The van der Waals surface area contributed by atoms with Gasteiger partial charge in [-0.1, -0.05) is 0 Å². The van der Waals surface area contributed by atoms with Gasteiger partial charge in [0.1, 0.15) is 6.29 Å². The SMILES string of the molecule is O=CCNC(=O)OS. The van der Waals surface area contributed by atoms with Gasteiger partial charge in [-0.05, 0) is 0 Å². The van der Waals surface area contributed by atoms with Crippen molar-refractivity contribution in [1.29, 1.82) is 0 Å². The molecule has 0 aromatic carbocycles. The van der Waals surface area contributed by atoms with Gasteiger partial charge in [0.2, 0.25) is 0 Å². The summed E-state index contributed by atoms with van der Waals surface area (Å²) in [6, 6.07) is 0. The van der Waals surface area contributed by atoms with Crippen LogP contribution in [-0.2, 0) is 8.98 Å². The maximum Gasteiger partial charge on any atom is 0.419 e. The van der Waals surface area contributed by atoms with E-state index >= 15 is 0 Å². The van der Waals surface area contributed by atoms with Crippen molar-refractivity contribution >= 4 is 25.3 Å². The van der Waals surface area contributed by atoms with Crippen LogP contribution >= 0.6 is 12.9 Å². The molecule has 4 nitrogen and oxygen atoms in total. The van der Waals surface area contributed by atoms with Gasteiger partial charge in [-0.25, -0.2) is 4.79 Å². The third-order valence-electron chi connectivity index (χ3n) is 0.413. The third kappa shape index (κ3) is 3.48. The summed E-state index contributed by atoms with van der Waals surface area (Å²) in [5.74, 6) is 0. The first-order valence-corrected chi connectivity index (χ1v) is 2.20. The average Bonchev–Trinajstić information content (AvgIpc) is 1.83. The highest BCUT2D eigenvalue weighted by Crippen LogP contribution is 1.76. The van der Waals surface area contributed by atoms with Crippen molar-refractivity contribution in [3.8, 4) is 0 Å². The molecule has 5 heteroatoms. The van der Waals surface area contributed by atoms with E-state index in [-0.39, 0.29) is 6.54 Å². The zero-order valence-electron chi connectivity index (χ0n) is 3.96. The van der Waals surface area contributed by atoms with Crippen molar-refractivity contribution < 1.29 is 13.8 Å². The minimum Gasteiger partial charge on any atom is -0.378 e. The number of thiol groups is 1. The summed E-state index contributed by atoms with van der Waals surface area (Å²) in [4.78, 5) is 19.5. The first kappa shape index (κ1) is 7.29. The normalized spacial score (nSPS) is 7.62. The molecule has 0 rings (SSSR count). The largest absolute Gasteiger partial charge is 0.419 e. The fraction of sp³-hybridized carbons (Fsp3) is 0.333. The van der Waals surface area contributed by atoms with Crippen molar-refractivity contribution in [3.63, 3.8) is 0 Å². The lowest BCUT2D eigenvalue weighted by atomic mass is 10.7. The Labute approximate surface area is 51.8 Å². The smallest absolute Gasteiger partial charge is 0.378 e. The zero-order valence-corrected chi connectivity index (χ0v) is 4.85. The Balaban J connectivity index is 3.11. The molecule has 0 saturated heterocycles. The Morgan fingerprint density at radius 2 is 2.50 bits per heavy atom. The molecule has 0 fully saturated rings. The van der Waals surface area contributed by atoms with Crippen LogP contribution in [0, 0.1) is 0 Å². The zero-order chi connectivity index (χ0) is 6.41. The van der Waals surface area contributed by atoms with Crippen molar-refractivity contribution in [2.75, 3.05) is 6.54 Å². The Morgan fingerprint density at radius 1 is 1.88 bits per heavy atom. The maximum absolute atomic E-state index is 10.0. The summed E-state index contributed by atoms with van der Waals surface area (Å²) in [5, 5.41) is 2.08. The molecule has 46 valence electrons. The van der Waals surface area contributed by atoms with Crippen LogP contribution in [0.2, 0.25) is 0 Å². The molecule has 0 radical (unpaired) electrons. The maximum atomic E-state index is 10.0. The number of hydrogen-bond acceptors (Lipinski definition) is 4. The summed E-state index contributed by atoms with van der Waals surface area (Å²) in [6.45, 7) is -0.0423. The van der Waals surface area contributed by atoms with E-state index in [0.717, 1.165) is 0 Å². The topological polar surface area (TPSA) is 55.4 Å². The van der Waals surface area contributed by atoms with Crippen molar-refractivity contribution in [1.82, 2.24) is 5.32 Å². The number of hydrogen-bond donors (Lipinski definition) is 2. The number of carbonyl (C=O) groups is 2. The minimum atomic E-state index is -0.722. The average molecular weight is 135 g/mol. The lowest BCUT2D eigenvalue weighted by molar-refractivity contribution is -0.107. The highest BCUT2D eigenvalue weighted by Gasteiger charge is 1.93. The summed E-state index contributed by atoms with van der Waals surface area (Å²) in [6.07, 6.45) is -0.175. The van der Waals surface area contributed by atoms with Crippen molar-refractivity contribution in [2.45, 2.75) is 0 Å². The van der Waals surface area contributed by atoms with E-state index in [1.54, 1.807) is 0 Å². The third-order valence-corrected chi connectivity index (χ3v) is 0.578. The van der Waals surface area contributed by atoms with Gasteiger partial charge in [-0.3, -0.25) is 0 Å². The van der Waals surface area contributed by atoms with Crippen LogP contribution in [0.4, 0.5) is 4.79 Å². The molecule has 0 saturated carbocycles. The summed E-state index contributed by atoms with van der Waals surface area (Å²) in [5.41, 5.74) is 0. The van der Waals surface area contributed by atoms with Crippen molar-refractivity contribution in [2.24, 2.45) is 0 Å². The predicted molar refractivity (Wildman–Crippen MR) is 29.5 cm³/mol. The molecule has 0 bridgehead atoms. The van der Waals surface area contributed by atoms with E-state index in [0.29, 0.717) is 6.29 Å². The van der Waals surface area contributed by atoms with Crippen molar-refractivity contribution in [3.05, 3.63) is 0 Å². The number of amides is 1. The number of rotatable bonds is 2. The first-order chi connectivity index (χ1) is 3.81. The molecule has 0 aliphatic rings. The fourth-order valence-corrected chi connectivity index (χ4v) is 0.222. The van der Waals surface area contributed by atoms with Crippen LogP contribution in [0.15, 0.2) is 0 Å². The number of nitrogens with one attached hydrogen (secondary N) is 1. The van der Waals surface area contributed by atoms with Crippen LogP contribution in [0.5, 0.6) is 0 Å². The minimum absolute atomic E-state index is 0.0423. The van der Waals surface area contributed by atoms with E-state index in [1.807, 2.05) is 0 Å². The van der Waals surface area contributed by atoms with E-state index in [1.165, 1.54) is 0 Å². The molecule has 0 aromatic rings. The summed E-state index contributed by atoms with van der Waals surface area (Å²) in [7, 11) is 0. The molecule has 0 spiro atoms. The van der Waals surface area contributed by atoms with Gasteiger partial charge in [-0.2, -0.15) is 0 Å². The molecular formula is C3H5NO3S. The lowest BCUT2D eigenvalue weighted by Gasteiger charge is -1.93. The van der Waals surface area contributed by atoms with E-state index in [9.17, 15) is 9.59 Å². The molecule has 0 aliphatic heterocycles. The predicted octanol–water partition coefficient (Wildman–Crippen LogP) is -0.244. The van der Waals surface area contributed by atoms with Gasteiger partial charge in [0.25, 0.3) is 0 Å². The van der Waals surface area contributed by atoms with E-state index in [2.05, 4.69) is 22.4 Å². The number of aldehydes is 1. The number of carbonyl (C=O) groups excluding carboxylic acids is 2. The lowest BCUT2D eigenvalue weighted by Crippen LogP contribution is -2.23. The molecule has 0 unspecified atom stereocenters. The second-order valence-electron chi connectivity index (χ2n) is 0.926. The molecule has 0 aromatic heterocycles. The molecule has 0 heterocycles. The van der Waals surface area contributed by atoms with Crippen LogP contribution in [0.3, 0.4) is 0 Å². The quantitative estimate of drug-likeness (QED) is 0.312. The van der Waals surface area contributed by atoms with Gasteiger partial charge in [0, 0.05) is 12.9 Å². The van der Waals surface area contributed by atoms with Gasteiger partial charge in [0.05, 0.1) is 6.54 Å². The summed E-state index contributed by atoms with van der Waals surface area (Å²) >= 11 is 3.16. The molecule has 0 aliphatic carbocycles. The first-order valence-electron chi connectivity index (χ1n) is 1.84. The Hall–Kier alpha value is -0.710. The highest BCUT2D eigenvalue weighted by molar-refractivity contribution is 7.75. The fourth-order valence-electron chi connectivity index (χ4n) is 0.157. The van der Waals surface area contributed by atoms with Crippen LogP contribution < -0.4 is 5.32 Å². The second kappa shape index (κ2) is 4.45. The van der Waals surface area contributed by atoms with E-state index in [4.69, 9.17) is 0 Å². The van der Waals surface area contributed by atoms with Gasteiger partial charge in [0.15, 0.2) is 0 Å². The summed E-state index contributed by atoms with van der Waals surface area (Å²) < 4.78 is 3.84. The van der Waals surface area contributed by atoms with Crippen LogP contribution in [0.25, 0.3) is 0 Å². The van der Waals surface area contributed by atoms with Crippen LogP contribution in [0.1, 0.15) is 0 Å². The van der Waals surface area contributed by atoms with Gasteiger partial charge < -0.3 is 14.3 Å². The van der Waals surface area contributed by atoms with Gasteiger partial charge in [-0.15, -0.1) is 0 Å².